The number of nitrogen functional groups attached to an aromatic ring is 1. The van der Waals surface area contributed by atoms with Crippen molar-refractivity contribution < 1.29 is 18.4 Å². The minimum Gasteiger partial charge on any atom is -0.398 e. The van der Waals surface area contributed by atoms with Gasteiger partial charge in [0.1, 0.15) is 11.5 Å². The van der Waals surface area contributed by atoms with E-state index >= 15 is 0 Å². The molecule has 0 aromatic heterocycles. The second-order valence-corrected chi connectivity index (χ2v) is 4.74. The molecule has 0 aliphatic carbocycles. The number of carbonyl (C=O) groups excluding carboxylic acids is 2. The molecule has 3 rings (SSSR count). The summed E-state index contributed by atoms with van der Waals surface area (Å²) in [6.45, 7) is 1.42. The third-order valence-corrected chi connectivity index (χ3v) is 3.43. The number of aryl methyl sites for hydroxylation is 1. The van der Waals surface area contributed by atoms with Crippen molar-refractivity contribution in [2.75, 3.05) is 10.6 Å². The first kappa shape index (κ1) is 13.2. The largest absolute Gasteiger partial charge is 0.398 e. The zero-order valence-electron chi connectivity index (χ0n) is 11.0. The van der Waals surface area contributed by atoms with E-state index in [1.54, 1.807) is 0 Å². The van der Waals surface area contributed by atoms with Crippen LogP contribution < -0.4 is 10.6 Å². The maximum absolute atomic E-state index is 14.2. The lowest BCUT2D eigenvalue weighted by Gasteiger charge is -2.16. The van der Waals surface area contributed by atoms with Gasteiger partial charge in [-0.1, -0.05) is 12.1 Å². The van der Waals surface area contributed by atoms with E-state index in [1.165, 1.54) is 31.2 Å². The van der Waals surface area contributed by atoms with Crippen molar-refractivity contribution in [3.8, 4) is 0 Å². The highest BCUT2D eigenvalue weighted by molar-refractivity contribution is 6.36. The Balaban J connectivity index is 2.24. The summed E-state index contributed by atoms with van der Waals surface area (Å²) in [5.41, 5.74) is 5.27. The van der Waals surface area contributed by atoms with E-state index < -0.39 is 29.1 Å². The molecule has 2 aromatic rings. The maximum Gasteiger partial charge on any atom is 0.268 e. The van der Waals surface area contributed by atoms with Gasteiger partial charge in [0.05, 0.1) is 11.1 Å². The van der Waals surface area contributed by atoms with Gasteiger partial charge in [-0.3, -0.25) is 9.59 Å². The van der Waals surface area contributed by atoms with E-state index in [9.17, 15) is 18.4 Å². The van der Waals surface area contributed by atoms with E-state index in [0.717, 1.165) is 6.07 Å². The van der Waals surface area contributed by atoms with Crippen LogP contribution in [0, 0.1) is 18.6 Å². The lowest BCUT2D eigenvalue weighted by Crippen LogP contribution is -2.31. The van der Waals surface area contributed by atoms with Crippen LogP contribution in [0.1, 0.15) is 26.3 Å². The highest BCUT2D eigenvalue weighted by atomic mass is 19.1. The molecule has 0 bridgehead atoms. The summed E-state index contributed by atoms with van der Waals surface area (Å²) < 4.78 is 28.1. The van der Waals surface area contributed by atoms with Crippen molar-refractivity contribution in [1.82, 2.24) is 0 Å². The number of nitrogens with zero attached hydrogens (tertiary/aromatic N) is 1. The van der Waals surface area contributed by atoms with Crippen LogP contribution in [0.3, 0.4) is 0 Å². The number of carbonyl (C=O) groups is 2. The van der Waals surface area contributed by atoms with Crippen LogP contribution in [0.25, 0.3) is 0 Å². The Kier molecular flexibility index (Phi) is 2.76. The van der Waals surface area contributed by atoms with Gasteiger partial charge in [-0.2, -0.15) is 0 Å². The molecule has 1 heterocycles. The van der Waals surface area contributed by atoms with Gasteiger partial charge in [-0.25, -0.2) is 13.7 Å². The van der Waals surface area contributed by atoms with Crippen LogP contribution in [-0.4, -0.2) is 11.8 Å². The molecule has 2 N–H and O–H groups in total. The van der Waals surface area contributed by atoms with E-state index in [2.05, 4.69) is 0 Å². The van der Waals surface area contributed by atoms with Gasteiger partial charge in [-0.05, 0) is 30.7 Å². The molecule has 0 unspecified atom stereocenters. The van der Waals surface area contributed by atoms with Crippen LogP contribution in [-0.2, 0) is 0 Å². The average molecular weight is 288 g/mol. The van der Waals surface area contributed by atoms with Crippen LogP contribution in [0.15, 0.2) is 30.3 Å². The number of amides is 2. The Morgan fingerprint density at radius 2 is 1.76 bits per heavy atom. The second kappa shape index (κ2) is 4.37. The highest BCUT2D eigenvalue weighted by Gasteiger charge is 2.40. The van der Waals surface area contributed by atoms with Crippen molar-refractivity contribution in [3.05, 3.63) is 58.7 Å². The fraction of sp³-hybridized carbons (Fsp3) is 0.0667. The number of hydrogen-bond donors (Lipinski definition) is 1. The SMILES string of the molecule is Cc1ccc(F)c(N2C(=O)c3cccc(N)c3C2=O)c1F. The molecule has 0 fully saturated rings. The number of rotatable bonds is 1. The number of nitrogens with two attached hydrogens (primary N) is 1. The fourth-order valence-corrected chi connectivity index (χ4v) is 2.36. The molecule has 0 saturated carbocycles. The fourth-order valence-electron chi connectivity index (χ4n) is 2.36. The minimum absolute atomic E-state index is 0.0252. The van der Waals surface area contributed by atoms with Crippen molar-refractivity contribution in [1.29, 1.82) is 0 Å². The smallest absolute Gasteiger partial charge is 0.268 e. The minimum atomic E-state index is -0.980. The predicted molar refractivity (Wildman–Crippen MR) is 73.1 cm³/mol. The van der Waals surface area contributed by atoms with Crippen LogP contribution in [0.2, 0.25) is 0 Å². The van der Waals surface area contributed by atoms with E-state index in [1.807, 2.05) is 0 Å². The number of anilines is 2. The summed E-state index contributed by atoms with van der Waals surface area (Å²) in [6, 6.07) is 6.61. The van der Waals surface area contributed by atoms with Crippen molar-refractivity contribution in [3.63, 3.8) is 0 Å². The first-order valence-corrected chi connectivity index (χ1v) is 6.15. The molecule has 2 amide bonds. The molecular weight excluding hydrogens is 278 g/mol. The number of fused-ring (bicyclic) bond motifs is 1. The number of imide groups is 1. The molecule has 106 valence electrons. The molecule has 0 radical (unpaired) electrons. The number of halogens is 2. The summed E-state index contributed by atoms with van der Waals surface area (Å²) in [7, 11) is 0. The van der Waals surface area contributed by atoms with Crippen LogP contribution >= 0.6 is 0 Å². The Morgan fingerprint density at radius 3 is 2.43 bits per heavy atom. The van der Waals surface area contributed by atoms with Crippen molar-refractivity contribution >= 4 is 23.2 Å². The molecule has 2 aromatic carbocycles. The van der Waals surface area contributed by atoms with Gasteiger partial charge >= 0.3 is 0 Å². The number of benzene rings is 2. The van der Waals surface area contributed by atoms with Crippen LogP contribution in [0.5, 0.6) is 0 Å². The Labute approximate surface area is 118 Å². The van der Waals surface area contributed by atoms with Gasteiger partial charge in [0.15, 0.2) is 5.82 Å². The molecule has 21 heavy (non-hydrogen) atoms. The summed E-state index contributed by atoms with van der Waals surface area (Å²) in [4.78, 5) is 25.1. The lowest BCUT2D eigenvalue weighted by atomic mass is 10.1. The molecule has 4 nitrogen and oxygen atoms in total. The summed E-state index contributed by atoms with van der Waals surface area (Å²) >= 11 is 0. The van der Waals surface area contributed by atoms with E-state index in [-0.39, 0.29) is 22.4 Å². The molecule has 0 atom stereocenters. The predicted octanol–water partition coefficient (Wildman–Crippen LogP) is 2.66. The summed E-state index contributed by atoms with van der Waals surface area (Å²) in [5, 5.41) is 0. The normalized spacial score (nSPS) is 13.8. The Hall–Kier alpha value is -2.76. The molecule has 6 heteroatoms. The monoisotopic (exact) mass is 288 g/mol. The van der Waals surface area contributed by atoms with Crippen molar-refractivity contribution in [2.45, 2.75) is 6.92 Å². The zero-order chi connectivity index (χ0) is 15.3. The standard InChI is InChI=1S/C15H10F2N2O2/c1-7-5-6-9(16)13(12(7)17)19-14(20)8-3-2-4-10(18)11(8)15(19)21/h2-6H,18H2,1H3. The quantitative estimate of drug-likeness (QED) is 0.648. The molecule has 0 saturated heterocycles. The van der Waals surface area contributed by atoms with Gasteiger partial charge in [0.2, 0.25) is 0 Å². The topological polar surface area (TPSA) is 63.4 Å². The van der Waals surface area contributed by atoms with Gasteiger partial charge in [0.25, 0.3) is 11.8 Å². The zero-order valence-corrected chi connectivity index (χ0v) is 11.0. The number of hydrogen-bond acceptors (Lipinski definition) is 3. The van der Waals surface area contributed by atoms with Crippen molar-refractivity contribution in [2.24, 2.45) is 0 Å². The third kappa shape index (κ3) is 1.72. The second-order valence-electron chi connectivity index (χ2n) is 4.74. The highest BCUT2D eigenvalue weighted by Crippen LogP contribution is 2.35. The van der Waals surface area contributed by atoms with Crippen LogP contribution in [0.4, 0.5) is 20.2 Å². The Bertz CT molecular complexity index is 803. The van der Waals surface area contributed by atoms with Gasteiger partial charge < -0.3 is 5.73 Å². The van der Waals surface area contributed by atoms with Gasteiger partial charge in [-0.15, -0.1) is 0 Å². The first-order valence-electron chi connectivity index (χ1n) is 6.15. The first-order chi connectivity index (χ1) is 9.93. The third-order valence-electron chi connectivity index (χ3n) is 3.43. The van der Waals surface area contributed by atoms with E-state index in [4.69, 9.17) is 5.73 Å². The average Bonchev–Trinajstić information content (AvgIpc) is 2.70. The summed E-state index contributed by atoms with van der Waals surface area (Å²) in [5.74, 6) is -3.53. The molecule has 1 aliphatic heterocycles. The molecule has 0 spiro atoms. The maximum atomic E-state index is 14.2. The molecular formula is C15H10F2N2O2. The van der Waals surface area contributed by atoms with E-state index in [0.29, 0.717) is 4.90 Å². The Morgan fingerprint density at radius 1 is 1.05 bits per heavy atom. The van der Waals surface area contributed by atoms with Gasteiger partial charge in [0, 0.05) is 5.69 Å². The lowest BCUT2D eigenvalue weighted by molar-refractivity contribution is 0.0923. The summed E-state index contributed by atoms with van der Waals surface area (Å²) in [6.07, 6.45) is 0. The molecule has 1 aliphatic rings.